The minimum absolute atomic E-state index is 0.0296. The second kappa shape index (κ2) is 8.63. The predicted molar refractivity (Wildman–Crippen MR) is 97.8 cm³/mol. The average molecular weight is 329 g/mol. The Morgan fingerprint density at radius 3 is 2.17 bits per heavy atom. The second-order valence-electron chi connectivity index (χ2n) is 7.21. The maximum atomic E-state index is 12.8. The van der Waals surface area contributed by atoms with Crippen LogP contribution in [0.5, 0.6) is 0 Å². The third kappa shape index (κ3) is 4.58. The summed E-state index contributed by atoms with van der Waals surface area (Å²) < 4.78 is 0. The van der Waals surface area contributed by atoms with Crippen LogP contribution in [-0.2, 0) is 11.3 Å². The van der Waals surface area contributed by atoms with Gasteiger partial charge in [-0.3, -0.25) is 14.6 Å². The van der Waals surface area contributed by atoms with Gasteiger partial charge in [0.1, 0.15) is 0 Å². The fourth-order valence-corrected chi connectivity index (χ4v) is 3.86. The molecule has 0 spiro atoms. The van der Waals surface area contributed by atoms with E-state index in [1.807, 2.05) is 0 Å². The molecule has 2 aliphatic heterocycles. The lowest BCUT2D eigenvalue weighted by atomic mass is 10.1. The molecule has 0 N–H and O–H groups in total. The zero-order valence-electron chi connectivity index (χ0n) is 15.0. The lowest BCUT2D eigenvalue weighted by Crippen LogP contribution is -2.54. The molecular weight excluding hydrogens is 298 g/mol. The highest BCUT2D eigenvalue weighted by molar-refractivity contribution is 5.81. The fraction of sp³-hybridized carbons (Fsp3) is 0.650. The number of carbonyl (C=O) groups excluding carboxylic acids is 1. The van der Waals surface area contributed by atoms with Crippen molar-refractivity contribution in [3.05, 3.63) is 35.9 Å². The van der Waals surface area contributed by atoms with E-state index in [9.17, 15) is 4.79 Å². The normalized spacial score (nSPS) is 22.1. The maximum absolute atomic E-state index is 12.8. The number of amides is 1. The summed E-state index contributed by atoms with van der Waals surface area (Å²) in [5, 5.41) is 0. The molecule has 1 unspecified atom stereocenters. The molecule has 3 rings (SSSR count). The van der Waals surface area contributed by atoms with Crippen molar-refractivity contribution in [2.75, 3.05) is 39.3 Å². The standard InChI is InChI=1S/C20H31N3O/c1-18(20(24)23-11-7-2-3-8-12-23)22-15-13-21(14-16-22)17-19-9-5-4-6-10-19/h4-6,9-10,18H,2-3,7-8,11-17H2,1H3. The van der Waals surface area contributed by atoms with Crippen LogP contribution in [0.1, 0.15) is 38.2 Å². The quantitative estimate of drug-likeness (QED) is 0.849. The van der Waals surface area contributed by atoms with Gasteiger partial charge in [-0.25, -0.2) is 0 Å². The van der Waals surface area contributed by atoms with Crippen LogP contribution in [0, 0.1) is 0 Å². The van der Waals surface area contributed by atoms with Crippen molar-refractivity contribution in [1.29, 1.82) is 0 Å². The number of carbonyl (C=O) groups is 1. The highest BCUT2D eigenvalue weighted by Crippen LogP contribution is 2.15. The summed E-state index contributed by atoms with van der Waals surface area (Å²) in [6.07, 6.45) is 4.89. The van der Waals surface area contributed by atoms with Crippen molar-refractivity contribution in [1.82, 2.24) is 14.7 Å². The number of nitrogens with zero attached hydrogens (tertiary/aromatic N) is 3. The van der Waals surface area contributed by atoms with Gasteiger partial charge in [-0.05, 0) is 25.3 Å². The van der Waals surface area contributed by atoms with E-state index in [-0.39, 0.29) is 6.04 Å². The number of piperazine rings is 1. The molecule has 1 aromatic carbocycles. The minimum Gasteiger partial charge on any atom is -0.341 e. The first-order chi connectivity index (χ1) is 11.7. The molecule has 0 saturated carbocycles. The molecular formula is C20H31N3O. The first-order valence-electron chi connectivity index (χ1n) is 9.53. The Labute approximate surface area is 146 Å². The van der Waals surface area contributed by atoms with E-state index in [1.54, 1.807) is 0 Å². The molecule has 24 heavy (non-hydrogen) atoms. The summed E-state index contributed by atoms with van der Waals surface area (Å²) in [5.41, 5.74) is 1.37. The molecule has 2 saturated heterocycles. The van der Waals surface area contributed by atoms with Gasteiger partial charge in [0.05, 0.1) is 6.04 Å². The van der Waals surface area contributed by atoms with Gasteiger partial charge in [-0.2, -0.15) is 0 Å². The van der Waals surface area contributed by atoms with E-state index >= 15 is 0 Å². The van der Waals surface area contributed by atoms with Gasteiger partial charge in [0, 0.05) is 45.8 Å². The van der Waals surface area contributed by atoms with Crippen LogP contribution in [0.15, 0.2) is 30.3 Å². The third-order valence-electron chi connectivity index (χ3n) is 5.48. The highest BCUT2D eigenvalue weighted by Gasteiger charge is 2.28. The highest BCUT2D eigenvalue weighted by atomic mass is 16.2. The number of rotatable bonds is 4. The SMILES string of the molecule is CC(C(=O)N1CCCCCC1)N1CCN(Cc2ccccc2)CC1. The third-order valence-corrected chi connectivity index (χ3v) is 5.48. The van der Waals surface area contributed by atoms with Crippen molar-refractivity contribution >= 4 is 5.91 Å². The summed E-state index contributed by atoms with van der Waals surface area (Å²) in [5.74, 6) is 0.341. The van der Waals surface area contributed by atoms with Crippen LogP contribution in [0.2, 0.25) is 0 Å². The molecule has 4 nitrogen and oxygen atoms in total. The summed E-state index contributed by atoms with van der Waals surface area (Å²) in [4.78, 5) is 19.8. The molecule has 0 aromatic heterocycles. The van der Waals surface area contributed by atoms with Gasteiger partial charge >= 0.3 is 0 Å². The van der Waals surface area contributed by atoms with Crippen LogP contribution in [-0.4, -0.2) is 65.9 Å². The Morgan fingerprint density at radius 1 is 0.917 bits per heavy atom. The molecule has 2 aliphatic rings. The van der Waals surface area contributed by atoms with Crippen LogP contribution in [0.3, 0.4) is 0 Å². The monoisotopic (exact) mass is 329 g/mol. The Morgan fingerprint density at radius 2 is 1.54 bits per heavy atom. The topological polar surface area (TPSA) is 26.8 Å². The molecule has 132 valence electrons. The molecule has 1 amide bonds. The molecule has 4 heteroatoms. The van der Waals surface area contributed by atoms with Crippen molar-refractivity contribution in [2.45, 2.75) is 45.2 Å². The van der Waals surface area contributed by atoms with Gasteiger partial charge in [0.2, 0.25) is 5.91 Å². The van der Waals surface area contributed by atoms with E-state index in [0.29, 0.717) is 5.91 Å². The second-order valence-corrected chi connectivity index (χ2v) is 7.21. The molecule has 0 radical (unpaired) electrons. The van der Waals surface area contributed by atoms with Crippen molar-refractivity contribution < 1.29 is 4.79 Å². The van der Waals surface area contributed by atoms with Gasteiger partial charge in [-0.1, -0.05) is 43.2 Å². The smallest absolute Gasteiger partial charge is 0.239 e. The molecule has 1 atom stereocenters. The van der Waals surface area contributed by atoms with E-state index in [1.165, 1.54) is 31.2 Å². The Kier molecular flexibility index (Phi) is 6.27. The van der Waals surface area contributed by atoms with Crippen molar-refractivity contribution in [3.8, 4) is 0 Å². The average Bonchev–Trinajstić information content (AvgIpc) is 2.91. The number of likely N-dealkylation sites (tertiary alicyclic amines) is 1. The number of benzene rings is 1. The van der Waals surface area contributed by atoms with Crippen LogP contribution in [0.25, 0.3) is 0 Å². The molecule has 1 aromatic rings. The summed E-state index contributed by atoms with van der Waals surface area (Å²) in [6.45, 7) is 9.11. The summed E-state index contributed by atoms with van der Waals surface area (Å²) >= 11 is 0. The molecule has 0 aliphatic carbocycles. The van der Waals surface area contributed by atoms with E-state index < -0.39 is 0 Å². The number of hydrogen-bond donors (Lipinski definition) is 0. The van der Waals surface area contributed by atoms with Crippen molar-refractivity contribution in [3.63, 3.8) is 0 Å². The first-order valence-corrected chi connectivity index (χ1v) is 9.53. The lowest BCUT2D eigenvalue weighted by Gasteiger charge is -2.39. The van der Waals surface area contributed by atoms with Gasteiger partial charge in [-0.15, -0.1) is 0 Å². The minimum atomic E-state index is 0.0296. The molecule has 2 heterocycles. The lowest BCUT2D eigenvalue weighted by molar-refractivity contribution is -0.137. The molecule has 2 fully saturated rings. The first kappa shape index (κ1) is 17.4. The van der Waals surface area contributed by atoms with Crippen LogP contribution >= 0.6 is 0 Å². The van der Waals surface area contributed by atoms with Crippen LogP contribution < -0.4 is 0 Å². The maximum Gasteiger partial charge on any atom is 0.239 e. The van der Waals surface area contributed by atoms with E-state index in [0.717, 1.165) is 45.8 Å². The zero-order chi connectivity index (χ0) is 16.8. The van der Waals surface area contributed by atoms with Gasteiger partial charge in [0.25, 0.3) is 0 Å². The van der Waals surface area contributed by atoms with Crippen LogP contribution in [0.4, 0.5) is 0 Å². The van der Waals surface area contributed by atoms with Crippen molar-refractivity contribution in [2.24, 2.45) is 0 Å². The largest absolute Gasteiger partial charge is 0.341 e. The fourth-order valence-electron chi connectivity index (χ4n) is 3.86. The predicted octanol–water partition coefficient (Wildman–Crippen LogP) is 2.60. The zero-order valence-corrected chi connectivity index (χ0v) is 15.0. The molecule has 0 bridgehead atoms. The van der Waals surface area contributed by atoms with E-state index in [2.05, 4.69) is 52.0 Å². The summed E-state index contributed by atoms with van der Waals surface area (Å²) in [7, 11) is 0. The van der Waals surface area contributed by atoms with Gasteiger partial charge in [0.15, 0.2) is 0 Å². The number of hydrogen-bond acceptors (Lipinski definition) is 3. The Hall–Kier alpha value is -1.39. The Balaban J connectivity index is 1.47. The summed E-state index contributed by atoms with van der Waals surface area (Å²) in [6, 6.07) is 10.7. The van der Waals surface area contributed by atoms with Gasteiger partial charge < -0.3 is 4.90 Å². The van der Waals surface area contributed by atoms with E-state index in [4.69, 9.17) is 0 Å². The Bertz CT molecular complexity index is 503.